The fourth-order valence-electron chi connectivity index (χ4n) is 2.39. The van der Waals surface area contributed by atoms with Gasteiger partial charge in [-0.25, -0.2) is 4.98 Å². The van der Waals surface area contributed by atoms with Gasteiger partial charge in [0.05, 0.1) is 7.11 Å². The van der Waals surface area contributed by atoms with Crippen molar-refractivity contribution >= 4 is 5.82 Å². The van der Waals surface area contributed by atoms with E-state index in [1.54, 1.807) is 7.11 Å². The van der Waals surface area contributed by atoms with Gasteiger partial charge < -0.3 is 15.0 Å². The normalized spacial score (nSPS) is 12.0. The van der Waals surface area contributed by atoms with Gasteiger partial charge in [-0.3, -0.25) is 0 Å². The van der Waals surface area contributed by atoms with Crippen molar-refractivity contribution in [1.29, 1.82) is 0 Å². The van der Waals surface area contributed by atoms with E-state index in [1.807, 2.05) is 37.5 Å². The van der Waals surface area contributed by atoms with Gasteiger partial charge in [-0.05, 0) is 26.1 Å². The third-order valence-corrected chi connectivity index (χ3v) is 3.68. The Morgan fingerprint density at radius 1 is 1.24 bits per heavy atom. The van der Waals surface area contributed by atoms with Crippen LogP contribution in [-0.4, -0.2) is 26.2 Å². The van der Waals surface area contributed by atoms with Gasteiger partial charge in [0.2, 0.25) is 0 Å². The molecule has 0 saturated heterocycles. The molecule has 1 aromatic carbocycles. The van der Waals surface area contributed by atoms with Crippen LogP contribution in [0.5, 0.6) is 5.75 Å². The zero-order valence-corrected chi connectivity index (χ0v) is 13.1. The molecule has 21 heavy (non-hydrogen) atoms. The van der Waals surface area contributed by atoms with Crippen molar-refractivity contribution in [3.05, 3.63) is 53.7 Å². The molecule has 0 aliphatic carbocycles. The number of para-hydroxylation sites is 1. The van der Waals surface area contributed by atoms with Crippen LogP contribution in [0.3, 0.4) is 0 Å². The molecule has 1 aromatic heterocycles. The van der Waals surface area contributed by atoms with Crippen LogP contribution < -0.4 is 15.0 Å². The number of pyridine rings is 1. The van der Waals surface area contributed by atoms with Crippen LogP contribution in [0.4, 0.5) is 5.82 Å². The second-order valence-corrected chi connectivity index (χ2v) is 5.09. The highest BCUT2D eigenvalue weighted by molar-refractivity contribution is 5.49. The molecule has 0 spiro atoms. The Hall–Kier alpha value is -2.07. The largest absolute Gasteiger partial charge is 0.496 e. The highest BCUT2D eigenvalue weighted by atomic mass is 16.5. The quantitative estimate of drug-likeness (QED) is 0.885. The SMILES string of the molecule is CNC(C)c1cccnc1N(C)Cc1ccccc1OC. The fourth-order valence-corrected chi connectivity index (χ4v) is 2.39. The highest BCUT2D eigenvalue weighted by Gasteiger charge is 2.14. The molecule has 1 N–H and O–H groups in total. The van der Waals surface area contributed by atoms with E-state index < -0.39 is 0 Å². The number of anilines is 1. The molecule has 0 bridgehead atoms. The molecule has 0 fully saturated rings. The Kier molecular flexibility index (Phi) is 5.17. The molecule has 112 valence electrons. The van der Waals surface area contributed by atoms with Crippen molar-refractivity contribution in [2.45, 2.75) is 19.5 Å². The number of methoxy groups -OCH3 is 1. The third-order valence-electron chi connectivity index (χ3n) is 3.68. The molecule has 1 heterocycles. The first-order valence-electron chi connectivity index (χ1n) is 7.12. The van der Waals surface area contributed by atoms with Gasteiger partial charge in [-0.1, -0.05) is 24.3 Å². The Balaban J connectivity index is 2.26. The standard InChI is InChI=1S/C17H23N3O/c1-13(18-2)15-9-7-11-19-17(15)20(3)12-14-8-5-6-10-16(14)21-4/h5-11,13,18H,12H2,1-4H3. The van der Waals surface area contributed by atoms with E-state index in [-0.39, 0.29) is 6.04 Å². The van der Waals surface area contributed by atoms with E-state index in [1.165, 1.54) is 5.56 Å². The maximum atomic E-state index is 5.42. The van der Waals surface area contributed by atoms with Crippen LogP contribution in [0.15, 0.2) is 42.6 Å². The first kappa shape index (κ1) is 15.3. The lowest BCUT2D eigenvalue weighted by Gasteiger charge is -2.24. The van der Waals surface area contributed by atoms with E-state index in [9.17, 15) is 0 Å². The van der Waals surface area contributed by atoms with Gasteiger partial charge in [0.1, 0.15) is 11.6 Å². The van der Waals surface area contributed by atoms with E-state index in [4.69, 9.17) is 4.74 Å². The molecule has 0 aliphatic heterocycles. The Morgan fingerprint density at radius 3 is 2.71 bits per heavy atom. The number of nitrogens with one attached hydrogen (secondary N) is 1. The minimum absolute atomic E-state index is 0.258. The lowest BCUT2D eigenvalue weighted by Crippen LogP contribution is -2.23. The Morgan fingerprint density at radius 2 is 2.00 bits per heavy atom. The predicted molar refractivity (Wildman–Crippen MR) is 86.8 cm³/mol. The molecule has 4 heteroatoms. The van der Waals surface area contributed by atoms with Crippen molar-refractivity contribution in [3.8, 4) is 5.75 Å². The van der Waals surface area contributed by atoms with E-state index in [0.717, 1.165) is 23.7 Å². The Labute approximate surface area is 126 Å². The number of hydrogen-bond donors (Lipinski definition) is 1. The minimum Gasteiger partial charge on any atom is -0.496 e. The summed E-state index contributed by atoms with van der Waals surface area (Å²) in [5, 5.41) is 3.27. The summed E-state index contributed by atoms with van der Waals surface area (Å²) in [5.41, 5.74) is 2.34. The number of aromatic nitrogens is 1. The summed E-state index contributed by atoms with van der Waals surface area (Å²) in [7, 11) is 5.72. The van der Waals surface area contributed by atoms with Crippen molar-refractivity contribution in [3.63, 3.8) is 0 Å². The Bertz CT molecular complexity index is 586. The smallest absolute Gasteiger partial charge is 0.133 e. The van der Waals surface area contributed by atoms with E-state index >= 15 is 0 Å². The maximum absolute atomic E-state index is 5.42. The summed E-state index contributed by atoms with van der Waals surface area (Å²) in [6.45, 7) is 2.89. The first-order valence-corrected chi connectivity index (χ1v) is 7.12. The average molecular weight is 285 g/mol. The van der Waals surface area contributed by atoms with Gasteiger partial charge in [-0.2, -0.15) is 0 Å². The fraction of sp³-hybridized carbons (Fsp3) is 0.353. The molecule has 2 rings (SSSR count). The van der Waals surface area contributed by atoms with Gasteiger partial charge >= 0.3 is 0 Å². The van der Waals surface area contributed by atoms with Gasteiger partial charge in [0.25, 0.3) is 0 Å². The first-order chi connectivity index (χ1) is 10.2. The second-order valence-electron chi connectivity index (χ2n) is 5.09. The predicted octanol–water partition coefficient (Wildman–Crippen LogP) is 3.01. The third kappa shape index (κ3) is 3.52. The van der Waals surface area contributed by atoms with Crippen LogP contribution in [0.25, 0.3) is 0 Å². The number of ether oxygens (including phenoxy) is 1. The molecule has 1 atom stereocenters. The molecule has 0 amide bonds. The molecule has 0 aliphatic rings. The van der Waals surface area contributed by atoms with Crippen molar-refractivity contribution in [2.75, 3.05) is 26.1 Å². The molecular weight excluding hydrogens is 262 g/mol. The number of nitrogens with zero attached hydrogens (tertiary/aromatic N) is 2. The van der Waals surface area contributed by atoms with Crippen LogP contribution in [0, 0.1) is 0 Å². The number of hydrogen-bond acceptors (Lipinski definition) is 4. The number of benzene rings is 1. The van der Waals surface area contributed by atoms with E-state index in [0.29, 0.717) is 0 Å². The zero-order chi connectivity index (χ0) is 15.2. The minimum atomic E-state index is 0.258. The zero-order valence-electron chi connectivity index (χ0n) is 13.1. The monoisotopic (exact) mass is 285 g/mol. The summed E-state index contributed by atoms with van der Waals surface area (Å²) in [4.78, 5) is 6.70. The molecule has 1 unspecified atom stereocenters. The van der Waals surface area contributed by atoms with E-state index in [2.05, 4.69) is 41.3 Å². The summed E-state index contributed by atoms with van der Waals surface area (Å²) < 4.78 is 5.42. The summed E-state index contributed by atoms with van der Waals surface area (Å²) in [6, 6.07) is 12.4. The molecule has 4 nitrogen and oxygen atoms in total. The summed E-state index contributed by atoms with van der Waals surface area (Å²) in [6.07, 6.45) is 1.83. The summed E-state index contributed by atoms with van der Waals surface area (Å²) >= 11 is 0. The topological polar surface area (TPSA) is 37.4 Å². The molecular formula is C17H23N3O. The summed E-state index contributed by atoms with van der Waals surface area (Å²) in [5.74, 6) is 1.90. The highest BCUT2D eigenvalue weighted by Crippen LogP contribution is 2.26. The maximum Gasteiger partial charge on any atom is 0.133 e. The van der Waals surface area contributed by atoms with Gasteiger partial charge in [-0.15, -0.1) is 0 Å². The average Bonchev–Trinajstić information content (AvgIpc) is 2.54. The van der Waals surface area contributed by atoms with Crippen molar-refractivity contribution in [2.24, 2.45) is 0 Å². The van der Waals surface area contributed by atoms with Crippen LogP contribution in [-0.2, 0) is 6.54 Å². The number of rotatable bonds is 6. The van der Waals surface area contributed by atoms with Crippen molar-refractivity contribution < 1.29 is 4.74 Å². The van der Waals surface area contributed by atoms with Crippen LogP contribution >= 0.6 is 0 Å². The van der Waals surface area contributed by atoms with Gasteiger partial charge in [0, 0.05) is 37.0 Å². The molecule has 0 saturated carbocycles. The van der Waals surface area contributed by atoms with Gasteiger partial charge in [0.15, 0.2) is 0 Å². The van der Waals surface area contributed by atoms with Crippen molar-refractivity contribution in [1.82, 2.24) is 10.3 Å². The second kappa shape index (κ2) is 7.09. The van der Waals surface area contributed by atoms with Crippen LogP contribution in [0.2, 0.25) is 0 Å². The molecule has 0 radical (unpaired) electrons. The lowest BCUT2D eigenvalue weighted by atomic mass is 10.1. The van der Waals surface area contributed by atoms with Crippen LogP contribution in [0.1, 0.15) is 24.1 Å². The molecule has 2 aromatic rings. The lowest BCUT2D eigenvalue weighted by molar-refractivity contribution is 0.409.